The smallest absolute Gasteiger partial charge is 0.252 e. The lowest BCUT2D eigenvalue weighted by molar-refractivity contribution is -0.145. The van der Waals surface area contributed by atoms with Crippen molar-refractivity contribution < 1.29 is 18.7 Å². The third kappa shape index (κ3) is 5.53. The zero-order valence-corrected chi connectivity index (χ0v) is 28.8. The minimum atomic E-state index is -0.405. The topological polar surface area (TPSA) is 83.2 Å². The number of benzene rings is 2. The number of hydrogen-bond donors (Lipinski definition) is 3. The molecule has 3 N–H and O–H groups in total. The highest BCUT2D eigenvalue weighted by atomic mass is 19.1. The van der Waals surface area contributed by atoms with E-state index in [4.69, 9.17) is 4.74 Å². The summed E-state index contributed by atoms with van der Waals surface area (Å²) in [6.07, 6.45) is 13.8. The molecule has 4 fully saturated rings. The van der Waals surface area contributed by atoms with Crippen molar-refractivity contribution in [2.24, 2.45) is 34.5 Å². The third-order valence-corrected chi connectivity index (χ3v) is 13.9. The number of nitrogens with one attached hydrogen (secondary N) is 3. The van der Waals surface area contributed by atoms with Crippen molar-refractivity contribution in [2.75, 3.05) is 19.7 Å². The maximum absolute atomic E-state index is 14.3. The Morgan fingerprint density at radius 1 is 0.938 bits per heavy atom. The maximum atomic E-state index is 14.3. The fraction of sp³-hybridized carbons (Fsp3) is 0.610. The number of fused-ring (bicyclic) bond motifs is 5. The van der Waals surface area contributed by atoms with E-state index in [0.717, 1.165) is 91.8 Å². The molecule has 1 amide bonds. The highest BCUT2D eigenvalue weighted by molar-refractivity contribution is 6.10. The molecule has 48 heavy (non-hydrogen) atoms. The summed E-state index contributed by atoms with van der Waals surface area (Å²) in [4.78, 5) is 28.2. The fourth-order valence-corrected chi connectivity index (χ4v) is 11.3. The monoisotopic (exact) mass is 653 g/mol. The van der Waals surface area contributed by atoms with Crippen LogP contribution in [0.25, 0.3) is 22.2 Å². The van der Waals surface area contributed by atoms with Crippen molar-refractivity contribution in [3.05, 3.63) is 58.9 Å². The van der Waals surface area contributed by atoms with Crippen LogP contribution in [0.3, 0.4) is 0 Å². The van der Waals surface area contributed by atoms with Gasteiger partial charge in [-0.3, -0.25) is 9.59 Å². The largest absolute Gasteiger partial charge is 0.378 e. The van der Waals surface area contributed by atoms with Gasteiger partial charge in [0.15, 0.2) is 0 Å². The molecule has 0 unspecified atom stereocenters. The second-order valence-corrected chi connectivity index (χ2v) is 16.3. The minimum absolute atomic E-state index is 0.215. The van der Waals surface area contributed by atoms with E-state index < -0.39 is 5.82 Å². The summed E-state index contributed by atoms with van der Waals surface area (Å²) in [5, 5.41) is 7.34. The van der Waals surface area contributed by atoms with Crippen LogP contribution in [-0.2, 0) is 22.5 Å². The number of rotatable bonds is 9. The van der Waals surface area contributed by atoms with Crippen LogP contribution in [0.15, 0.2) is 36.4 Å². The quantitative estimate of drug-likeness (QED) is 0.204. The molecule has 6 nitrogen and oxygen atoms in total. The van der Waals surface area contributed by atoms with Gasteiger partial charge in [0.1, 0.15) is 11.6 Å². The van der Waals surface area contributed by atoms with Gasteiger partial charge in [0, 0.05) is 49.1 Å². The van der Waals surface area contributed by atoms with E-state index >= 15 is 0 Å². The number of unbranched alkanes of at least 4 members (excludes halogenated alkanes) is 1. The number of carbonyl (C=O) groups is 2. The van der Waals surface area contributed by atoms with Gasteiger partial charge in [-0.05, 0) is 134 Å². The molecule has 256 valence electrons. The first kappa shape index (κ1) is 32.2. The van der Waals surface area contributed by atoms with Crippen molar-refractivity contribution in [3.63, 3.8) is 0 Å². The maximum Gasteiger partial charge on any atom is 0.252 e. The number of amides is 1. The van der Waals surface area contributed by atoms with Gasteiger partial charge in [-0.2, -0.15) is 0 Å². The third-order valence-electron chi connectivity index (χ3n) is 13.9. The average Bonchev–Trinajstić information content (AvgIpc) is 3.55. The van der Waals surface area contributed by atoms with Crippen molar-refractivity contribution >= 4 is 22.6 Å². The predicted octanol–water partition coefficient (Wildman–Crippen LogP) is 8.13. The second kappa shape index (κ2) is 12.7. The van der Waals surface area contributed by atoms with Crippen LogP contribution in [-0.4, -0.2) is 42.5 Å². The highest BCUT2D eigenvalue weighted by Crippen LogP contribution is 2.66. The zero-order chi connectivity index (χ0) is 33.0. The van der Waals surface area contributed by atoms with Gasteiger partial charge in [0.2, 0.25) is 0 Å². The number of aromatic nitrogens is 1. The van der Waals surface area contributed by atoms with Gasteiger partial charge in [-0.1, -0.05) is 38.1 Å². The molecular weight excluding hydrogens is 601 g/mol. The SMILES string of the molecule is C[C@]12CCC(=O)C[C@@H]1CC[C@@H]1[C@@H]2CC[C@]2(C)[C@@H](OCCCCNCc3ccc(-c4[nH]c5cc(F)cc6c5c4CCNC6=O)cc3)CC[C@@H]12. The number of ether oxygens (including phenoxy) is 1. The Balaban J connectivity index is 0.800. The molecule has 5 aliphatic rings. The van der Waals surface area contributed by atoms with Gasteiger partial charge >= 0.3 is 0 Å². The molecule has 7 atom stereocenters. The second-order valence-electron chi connectivity index (χ2n) is 16.3. The standard InChI is InChI=1S/C41H52FN3O3/c1-40-16-13-29(46)21-27(40)9-10-30-33-11-12-36(41(33,2)17-14-34(30)40)48-20-4-3-18-43-24-25-5-7-26(8-6-25)38-31-15-19-44-39(47)32-22-28(42)23-35(45-38)37(31)32/h5-8,22-23,27,30,33-34,36,43,45H,3-4,9-21,24H2,1-2H3,(H,44,47)/t27-,30-,33-,34-,36-,40-,41-/m0/s1. The Bertz CT molecular complexity index is 1700. The molecule has 0 spiro atoms. The van der Waals surface area contributed by atoms with Crippen LogP contribution in [0.5, 0.6) is 0 Å². The first-order chi connectivity index (χ1) is 23.2. The van der Waals surface area contributed by atoms with Gasteiger partial charge in [0.25, 0.3) is 5.91 Å². The van der Waals surface area contributed by atoms with E-state index in [0.29, 0.717) is 52.7 Å². The lowest BCUT2D eigenvalue weighted by Crippen LogP contribution is -2.54. The van der Waals surface area contributed by atoms with E-state index in [9.17, 15) is 14.0 Å². The molecule has 0 bridgehead atoms. The summed E-state index contributed by atoms with van der Waals surface area (Å²) in [5.74, 6) is 2.93. The Kier molecular flexibility index (Phi) is 8.51. The van der Waals surface area contributed by atoms with E-state index in [2.05, 4.69) is 53.7 Å². The van der Waals surface area contributed by atoms with Crippen LogP contribution >= 0.6 is 0 Å². The fourth-order valence-electron chi connectivity index (χ4n) is 11.3. The Labute approximate surface area is 284 Å². The van der Waals surface area contributed by atoms with Crippen molar-refractivity contribution in [2.45, 2.75) is 104 Å². The van der Waals surface area contributed by atoms with Gasteiger partial charge in [-0.15, -0.1) is 0 Å². The number of ketones is 1. The molecule has 4 aliphatic carbocycles. The number of Topliss-reactive ketones (excluding diaryl/α,β-unsaturated/α-hetero) is 1. The molecule has 3 aromatic rings. The number of halogens is 1. The lowest BCUT2D eigenvalue weighted by Gasteiger charge is -2.60. The molecule has 8 rings (SSSR count). The van der Waals surface area contributed by atoms with Gasteiger partial charge in [-0.25, -0.2) is 4.39 Å². The summed E-state index contributed by atoms with van der Waals surface area (Å²) in [5.41, 5.74) is 6.09. The van der Waals surface area contributed by atoms with E-state index in [1.54, 1.807) is 0 Å². The molecule has 0 saturated heterocycles. The van der Waals surface area contributed by atoms with E-state index in [1.807, 2.05) is 0 Å². The summed E-state index contributed by atoms with van der Waals surface area (Å²) >= 11 is 0. The minimum Gasteiger partial charge on any atom is -0.378 e. The number of H-pyrrole nitrogens is 1. The summed E-state index contributed by atoms with van der Waals surface area (Å²) in [7, 11) is 0. The summed E-state index contributed by atoms with van der Waals surface area (Å²) in [6, 6.07) is 11.4. The van der Waals surface area contributed by atoms with Gasteiger partial charge < -0.3 is 20.4 Å². The average molecular weight is 654 g/mol. The predicted molar refractivity (Wildman–Crippen MR) is 187 cm³/mol. The Morgan fingerprint density at radius 3 is 2.62 bits per heavy atom. The summed E-state index contributed by atoms with van der Waals surface area (Å²) < 4.78 is 20.9. The van der Waals surface area contributed by atoms with Crippen molar-refractivity contribution in [3.8, 4) is 11.3 Å². The molecule has 7 heteroatoms. The summed E-state index contributed by atoms with van der Waals surface area (Å²) in [6.45, 7) is 8.24. The number of aromatic amines is 1. The first-order valence-corrected chi connectivity index (χ1v) is 18.8. The number of carbonyl (C=O) groups excluding carboxylic acids is 2. The van der Waals surface area contributed by atoms with Crippen LogP contribution in [0.4, 0.5) is 4.39 Å². The molecule has 2 aromatic carbocycles. The normalized spacial score (nSPS) is 32.8. The molecular formula is C41H52FN3O3. The molecule has 0 radical (unpaired) electrons. The highest BCUT2D eigenvalue weighted by Gasteiger charge is 2.60. The Hall–Kier alpha value is -3.03. The molecule has 2 heterocycles. The molecule has 1 aliphatic heterocycles. The van der Waals surface area contributed by atoms with Crippen molar-refractivity contribution in [1.82, 2.24) is 15.6 Å². The Morgan fingerprint density at radius 2 is 1.77 bits per heavy atom. The van der Waals surface area contributed by atoms with Crippen LogP contribution in [0.2, 0.25) is 0 Å². The molecule has 4 saturated carbocycles. The van der Waals surface area contributed by atoms with Crippen LogP contribution in [0, 0.1) is 40.3 Å². The first-order valence-electron chi connectivity index (χ1n) is 18.8. The zero-order valence-electron chi connectivity index (χ0n) is 28.8. The van der Waals surface area contributed by atoms with Crippen LogP contribution in [0.1, 0.15) is 106 Å². The lowest BCUT2D eigenvalue weighted by atomic mass is 9.45. The van der Waals surface area contributed by atoms with Gasteiger partial charge in [0.05, 0.1) is 11.7 Å². The van der Waals surface area contributed by atoms with E-state index in [-0.39, 0.29) is 5.91 Å². The number of hydrogen-bond acceptors (Lipinski definition) is 4. The molecule has 1 aromatic heterocycles. The van der Waals surface area contributed by atoms with Crippen molar-refractivity contribution in [1.29, 1.82) is 0 Å². The van der Waals surface area contributed by atoms with Crippen LogP contribution < -0.4 is 10.6 Å². The van der Waals surface area contributed by atoms with E-state index in [1.165, 1.54) is 56.2 Å².